The molecule has 2 heterocycles. The summed E-state index contributed by atoms with van der Waals surface area (Å²) < 4.78 is 27.8. The fourth-order valence-corrected chi connectivity index (χ4v) is 3.62. The van der Waals surface area contributed by atoms with Crippen LogP contribution in [-0.2, 0) is 14.6 Å². The van der Waals surface area contributed by atoms with Crippen LogP contribution in [0.15, 0.2) is 0 Å². The Morgan fingerprint density at radius 1 is 1.38 bits per heavy atom. The van der Waals surface area contributed by atoms with E-state index >= 15 is 0 Å². The summed E-state index contributed by atoms with van der Waals surface area (Å²) >= 11 is 0. The van der Waals surface area contributed by atoms with E-state index in [1.165, 1.54) is 0 Å². The minimum absolute atomic E-state index is 0.313. The molecule has 5 nitrogen and oxygen atoms in total. The van der Waals surface area contributed by atoms with Gasteiger partial charge < -0.3 is 10.1 Å². The Bertz CT molecular complexity index is 317. The van der Waals surface area contributed by atoms with Crippen LogP contribution >= 0.6 is 0 Å². The molecular formula is C10H20N2O3S. The second kappa shape index (κ2) is 5.00. The lowest BCUT2D eigenvalue weighted by atomic mass is 10.2. The van der Waals surface area contributed by atoms with Crippen LogP contribution in [0.5, 0.6) is 0 Å². The highest BCUT2D eigenvalue weighted by molar-refractivity contribution is 7.91. The Morgan fingerprint density at radius 3 is 2.62 bits per heavy atom. The van der Waals surface area contributed by atoms with E-state index in [9.17, 15) is 8.42 Å². The van der Waals surface area contributed by atoms with E-state index in [1.54, 1.807) is 7.11 Å². The van der Waals surface area contributed by atoms with Crippen molar-refractivity contribution in [3.63, 3.8) is 0 Å². The van der Waals surface area contributed by atoms with Gasteiger partial charge in [0.15, 0.2) is 9.84 Å². The fraction of sp³-hybridized carbons (Fsp3) is 1.00. The van der Waals surface area contributed by atoms with Crippen molar-refractivity contribution in [2.24, 2.45) is 0 Å². The highest BCUT2D eigenvalue weighted by atomic mass is 32.2. The second-order valence-electron chi connectivity index (χ2n) is 4.65. The summed E-state index contributed by atoms with van der Waals surface area (Å²) in [6, 6.07) is 0.450. The van der Waals surface area contributed by atoms with E-state index in [0.29, 0.717) is 36.7 Å². The number of nitrogens with zero attached hydrogens (tertiary/aromatic N) is 1. The molecule has 6 heteroatoms. The van der Waals surface area contributed by atoms with E-state index in [-0.39, 0.29) is 0 Å². The van der Waals surface area contributed by atoms with Gasteiger partial charge >= 0.3 is 0 Å². The molecule has 0 radical (unpaired) electrons. The molecule has 0 saturated carbocycles. The Balaban J connectivity index is 1.75. The molecule has 0 bridgehead atoms. The molecule has 0 unspecified atom stereocenters. The van der Waals surface area contributed by atoms with Crippen LogP contribution in [0.4, 0.5) is 0 Å². The zero-order valence-electron chi connectivity index (χ0n) is 9.68. The number of hydrogen-bond acceptors (Lipinski definition) is 5. The third-order valence-electron chi connectivity index (χ3n) is 3.43. The van der Waals surface area contributed by atoms with Gasteiger partial charge in [-0.15, -0.1) is 0 Å². The maximum Gasteiger partial charge on any atom is 0.152 e. The number of methoxy groups -OCH3 is 1. The molecule has 0 aromatic carbocycles. The van der Waals surface area contributed by atoms with Crippen LogP contribution < -0.4 is 5.32 Å². The molecule has 0 spiro atoms. The van der Waals surface area contributed by atoms with Gasteiger partial charge in [0.05, 0.1) is 17.6 Å². The molecule has 2 aliphatic rings. The molecule has 0 aliphatic carbocycles. The normalized spacial score (nSPS) is 35.3. The van der Waals surface area contributed by atoms with Crippen molar-refractivity contribution in [3.8, 4) is 0 Å². The van der Waals surface area contributed by atoms with Gasteiger partial charge in [0, 0.05) is 39.3 Å². The predicted octanol–water partition coefficient (Wildman–Crippen LogP) is -0.906. The van der Waals surface area contributed by atoms with Crippen molar-refractivity contribution in [1.29, 1.82) is 0 Å². The topological polar surface area (TPSA) is 58.6 Å². The Morgan fingerprint density at radius 2 is 2.06 bits per heavy atom. The quantitative estimate of drug-likeness (QED) is 0.701. The highest BCUT2D eigenvalue weighted by Gasteiger charge is 2.28. The van der Waals surface area contributed by atoms with Gasteiger partial charge in [-0.3, -0.25) is 4.90 Å². The average Bonchev–Trinajstić information content (AvgIpc) is 2.69. The first kappa shape index (κ1) is 12.3. The Hall–Kier alpha value is -0.170. The Labute approximate surface area is 97.1 Å². The van der Waals surface area contributed by atoms with Crippen LogP contribution in [0.3, 0.4) is 0 Å². The number of nitrogens with one attached hydrogen (secondary N) is 1. The van der Waals surface area contributed by atoms with Crippen molar-refractivity contribution in [2.75, 3.05) is 44.8 Å². The first-order valence-corrected chi connectivity index (χ1v) is 7.60. The monoisotopic (exact) mass is 248 g/mol. The maximum absolute atomic E-state index is 11.3. The smallest absolute Gasteiger partial charge is 0.152 e. The lowest BCUT2D eigenvalue weighted by Crippen LogP contribution is -2.45. The van der Waals surface area contributed by atoms with E-state index in [0.717, 1.165) is 19.5 Å². The minimum atomic E-state index is -2.75. The molecule has 2 fully saturated rings. The summed E-state index contributed by atoms with van der Waals surface area (Å²) in [6.45, 7) is 3.21. The standard InChI is InChI=1S/C10H20N2O3S/c1-15-10-6-9(11-7-10)8-12-2-4-16(13,14)5-3-12/h9-11H,2-8H2,1H3/t9-,10-/m0/s1. The second-order valence-corrected chi connectivity index (χ2v) is 6.95. The largest absolute Gasteiger partial charge is 0.380 e. The van der Waals surface area contributed by atoms with E-state index in [2.05, 4.69) is 10.2 Å². The number of hydrogen-bond donors (Lipinski definition) is 1. The molecule has 2 rings (SSSR count). The van der Waals surface area contributed by atoms with Gasteiger partial charge in [0.25, 0.3) is 0 Å². The summed E-state index contributed by atoms with van der Waals surface area (Å²) in [7, 11) is -1.01. The molecular weight excluding hydrogens is 228 g/mol. The first-order valence-electron chi connectivity index (χ1n) is 5.78. The molecule has 2 aliphatic heterocycles. The van der Waals surface area contributed by atoms with Gasteiger partial charge in [-0.05, 0) is 6.42 Å². The van der Waals surface area contributed by atoms with Crippen LogP contribution in [-0.4, -0.2) is 70.3 Å². The van der Waals surface area contributed by atoms with Crippen molar-refractivity contribution >= 4 is 9.84 Å². The molecule has 0 aromatic rings. The molecule has 2 atom stereocenters. The summed E-state index contributed by atoms with van der Waals surface area (Å²) in [5.74, 6) is 0.626. The minimum Gasteiger partial charge on any atom is -0.380 e. The summed E-state index contributed by atoms with van der Waals surface area (Å²) in [5.41, 5.74) is 0. The summed E-state index contributed by atoms with van der Waals surface area (Å²) in [6.07, 6.45) is 1.35. The van der Waals surface area contributed by atoms with E-state index in [4.69, 9.17) is 4.74 Å². The third-order valence-corrected chi connectivity index (χ3v) is 5.04. The van der Waals surface area contributed by atoms with Crippen molar-refractivity contribution in [1.82, 2.24) is 10.2 Å². The van der Waals surface area contributed by atoms with Crippen LogP contribution in [0.1, 0.15) is 6.42 Å². The van der Waals surface area contributed by atoms with Crippen LogP contribution in [0.2, 0.25) is 0 Å². The molecule has 1 N–H and O–H groups in total. The third kappa shape index (κ3) is 3.16. The molecule has 0 amide bonds. The maximum atomic E-state index is 11.3. The average molecular weight is 248 g/mol. The van der Waals surface area contributed by atoms with Crippen LogP contribution in [0.25, 0.3) is 0 Å². The molecule has 16 heavy (non-hydrogen) atoms. The fourth-order valence-electron chi connectivity index (χ4n) is 2.35. The van der Waals surface area contributed by atoms with Crippen molar-refractivity contribution in [3.05, 3.63) is 0 Å². The zero-order valence-corrected chi connectivity index (χ0v) is 10.5. The SMILES string of the molecule is CO[C@@H]1CN[C@H](CN2CCS(=O)(=O)CC2)C1. The highest BCUT2D eigenvalue weighted by Crippen LogP contribution is 2.12. The molecule has 2 saturated heterocycles. The predicted molar refractivity (Wildman–Crippen MR) is 62.3 cm³/mol. The lowest BCUT2D eigenvalue weighted by Gasteiger charge is -2.28. The zero-order chi connectivity index (χ0) is 11.6. The van der Waals surface area contributed by atoms with Crippen molar-refractivity contribution < 1.29 is 13.2 Å². The number of rotatable bonds is 3. The van der Waals surface area contributed by atoms with E-state index < -0.39 is 9.84 Å². The van der Waals surface area contributed by atoms with Crippen LogP contribution in [0, 0.1) is 0 Å². The number of ether oxygens (including phenoxy) is 1. The van der Waals surface area contributed by atoms with Gasteiger partial charge in [-0.25, -0.2) is 8.42 Å². The van der Waals surface area contributed by atoms with Crippen molar-refractivity contribution in [2.45, 2.75) is 18.6 Å². The van der Waals surface area contributed by atoms with Gasteiger partial charge in [-0.2, -0.15) is 0 Å². The van der Waals surface area contributed by atoms with Gasteiger partial charge in [-0.1, -0.05) is 0 Å². The molecule has 94 valence electrons. The number of sulfone groups is 1. The first-order chi connectivity index (χ1) is 7.59. The Kier molecular flexibility index (Phi) is 3.84. The van der Waals surface area contributed by atoms with E-state index in [1.807, 2.05) is 0 Å². The summed E-state index contributed by atoms with van der Waals surface area (Å²) in [5, 5.41) is 3.41. The van der Waals surface area contributed by atoms with Gasteiger partial charge in [0.2, 0.25) is 0 Å². The lowest BCUT2D eigenvalue weighted by molar-refractivity contribution is 0.115. The summed E-state index contributed by atoms with van der Waals surface area (Å²) in [4.78, 5) is 2.23. The molecule has 0 aromatic heterocycles. The van der Waals surface area contributed by atoms with Gasteiger partial charge in [0.1, 0.15) is 0 Å².